The van der Waals surface area contributed by atoms with E-state index in [1.165, 1.54) is 152 Å². The molecule has 624 valence electrons. The summed E-state index contributed by atoms with van der Waals surface area (Å²) in [6, 6.07) is 36.6. The summed E-state index contributed by atoms with van der Waals surface area (Å²) in [6.07, 6.45) is 30.2. The lowest BCUT2D eigenvalue weighted by atomic mass is 10.1. The number of carboxylic acids is 1. The Morgan fingerprint density at radius 1 is 0.403 bits per heavy atom. The Hall–Kier alpha value is -9.90. The lowest BCUT2D eigenvalue weighted by molar-refractivity contribution is 0.0141. The molecule has 6 fully saturated rings. The predicted octanol–water partition coefficient (Wildman–Crippen LogP) is 17.6. The quantitative estimate of drug-likeness (QED) is 0.0366. The topological polar surface area (TPSA) is 255 Å². The molecule has 119 heavy (non-hydrogen) atoms. The Balaban J connectivity index is 0.000000136. The number of benzene rings is 3. The maximum absolute atomic E-state index is 13.4. The first-order valence-electron chi connectivity index (χ1n) is 43.1. The number of nitrogens with one attached hydrogen (secondary N) is 5. The number of piperazine rings is 2. The molecular weight excluding hydrogens is 1550 g/mol. The fraction of sp³-hybridized carbons (Fsp3) is 0.441. The van der Waals surface area contributed by atoms with Crippen LogP contribution >= 0.6 is 34.0 Å². The molecule has 6 aliphatic rings. The second kappa shape index (κ2) is 40.9. The summed E-state index contributed by atoms with van der Waals surface area (Å²) in [7, 11) is 0. The standard InChI is InChI=1S/C34H42N6O3S.C29H34N6OS.C25H26N4O2S.C5H11N/c1-34(2,3)43-33(42)40-18-16-39(17-19-40)32(41)31-21-25-9-8-24(20-30(25)44-31)28-22-29(26-23-35-12-10-27(26)37-28)36-11-7-15-38-13-5-4-6-14-38;36-29(35-15-10-30-11-16-35)28-18-22-6-5-21(17-27(22)37-28)25-19-26(23-20-31-9-7-24(23)33-25)32-8-4-14-34-12-2-1-3-13-34;30-25(31)24-14-18-6-5-17(13-23(18)32-24)21-15-22(19-16-26-9-7-20(19)28-21)27-8-4-12-29-10-2-1-3-11-29;1-2-4-6-5-3-1/h8-10,12,20-23H,4-7,11,13-19H2,1-3H3,(H,36,37);5-7,9,17-20,30H,1-4,8,10-16H2,(H,32,33);5-7,9,13-16H,1-4,8,10-12H2,(H,27,28)(H,30,31);6H,1-5H2. The summed E-state index contributed by atoms with van der Waals surface area (Å²) < 4.78 is 8.61. The van der Waals surface area contributed by atoms with Crippen LogP contribution in [0.5, 0.6) is 0 Å². The molecule has 18 rings (SSSR count). The van der Waals surface area contributed by atoms with Gasteiger partial charge in [0.05, 0.1) is 43.4 Å². The summed E-state index contributed by atoms with van der Waals surface area (Å²) in [5, 5.41) is 33.0. The van der Waals surface area contributed by atoms with Crippen LogP contribution in [0.3, 0.4) is 0 Å². The molecular formula is C93H113N17O6S3. The highest BCUT2D eigenvalue weighted by Crippen LogP contribution is 2.38. The minimum absolute atomic E-state index is 0.00367. The average molecular weight is 1660 g/mol. The number of hydrogen-bond acceptors (Lipinski definition) is 22. The summed E-state index contributed by atoms with van der Waals surface area (Å²) >= 11 is 4.38. The van der Waals surface area contributed by atoms with Crippen LogP contribution < -0.4 is 26.6 Å². The second-order valence-electron chi connectivity index (χ2n) is 32.9. The number of fused-ring (bicyclic) bond motifs is 6. The minimum Gasteiger partial charge on any atom is -0.477 e. The molecule has 6 N–H and O–H groups in total. The zero-order chi connectivity index (χ0) is 81.9. The lowest BCUT2D eigenvalue weighted by Crippen LogP contribution is -2.51. The Labute approximate surface area is 709 Å². The van der Waals surface area contributed by atoms with Crippen molar-refractivity contribution < 1.29 is 29.0 Å². The van der Waals surface area contributed by atoms with E-state index in [9.17, 15) is 24.3 Å². The second-order valence-corrected chi connectivity index (χ2v) is 36.2. The van der Waals surface area contributed by atoms with Gasteiger partial charge in [0.2, 0.25) is 0 Å². The number of thiophene rings is 3. The highest BCUT2D eigenvalue weighted by Gasteiger charge is 2.30. The van der Waals surface area contributed by atoms with Gasteiger partial charge in [0.15, 0.2) is 0 Å². The number of amides is 3. The van der Waals surface area contributed by atoms with E-state index in [1.807, 2.05) is 97.7 Å². The van der Waals surface area contributed by atoms with E-state index < -0.39 is 11.6 Å². The Bertz CT molecular complexity index is 5430. The minimum atomic E-state index is -0.889. The number of ether oxygens (including phenoxy) is 1. The Morgan fingerprint density at radius 3 is 1.10 bits per heavy atom. The van der Waals surface area contributed by atoms with E-state index in [0.717, 1.165) is 203 Å². The molecule has 26 heteroatoms. The van der Waals surface area contributed by atoms with Crippen molar-refractivity contribution in [3.05, 3.63) is 161 Å². The van der Waals surface area contributed by atoms with Gasteiger partial charge in [-0.1, -0.05) is 62.1 Å². The van der Waals surface area contributed by atoms with Crippen molar-refractivity contribution in [2.24, 2.45) is 0 Å². The van der Waals surface area contributed by atoms with Gasteiger partial charge in [0.25, 0.3) is 11.8 Å². The molecule has 0 spiro atoms. The van der Waals surface area contributed by atoms with E-state index in [1.54, 1.807) is 40.9 Å². The summed E-state index contributed by atoms with van der Waals surface area (Å²) in [4.78, 5) is 93.0. The van der Waals surface area contributed by atoms with E-state index >= 15 is 0 Å². The summed E-state index contributed by atoms with van der Waals surface area (Å²) in [5.74, 6) is -0.749. The first-order valence-corrected chi connectivity index (χ1v) is 45.6. The van der Waals surface area contributed by atoms with Gasteiger partial charge < -0.3 is 65.8 Å². The van der Waals surface area contributed by atoms with Gasteiger partial charge in [-0.15, -0.1) is 34.0 Å². The number of nitrogens with zero attached hydrogens (tertiary/aromatic N) is 12. The van der Waals surface area contributed by atoms with Crippen molar-refractivity contribution in [3.63, 3.8) is 0 Å². The lowest BCUT2D eigenvalue weighted by Gasteiger charge is -2.35. The first-order chi connectivity index (χ1) is 58.1. The number of carbonyl (C=O) groups is 4. The number of hydrogen-bond donors (Lipinski definition) is 6. The normalized spacial score (nSPS) is 16.5. The van der Waals surface area contributed by atoms with Gasteiger partial charge >= 0.3 is 12.1 Å². The van der Waals surface area contributed by atoms with E-state index in [4.69, 9.17) is 19.7 Å². The maximum Gasteiger partial charge on any atom is 0.410 e. The predicted molar refractivity (Wildman–Crippen MR) is 487 cm³/mol. The van der Waals surface area contributed by atoms with E-state index in [0.29, 0.717) is 35.9 Å². The number of pyridine rings is 6. The molecule has 0 unspecified atom stereocenters. The summed E-state index contributed by atoms with van der Waals surface area (Å²) in [5.41, 5.74) is 11.1. The van der Waals surface area contributed by atoms with Crippen LogP contribution in [0, 0.1) is 0 Å². The largest absolute Gasteiger partial charge is 0.477 e. The van der Waals surface area contributed by atoms with Crippen molar-refractivity contribution in [3.8, 4) is 33.8 Å². The van der Waals surface area contributed by atoms with Crippen molar-refractivity contribution >= 4 is 138 Å². The SMILES string of the molecule is C1CCNCC1.CC(C)(C)OC(=O)N1CCN(C(=O)c2cc3ccc(-c4cc(NCCCN5CCCCC5)c5cnccc5n4)cc3s2)CC1.O=C(O)c1cc2ccc(-c3cc(NCCCN4CCCCC4)c4cnccc4n3)cc2s1.O=C(c1cc2ccc(-c3cc(NCCCN4CCCCC4)c4cnccc4n3)cc2s1)N1CCNCC1. The van der Waals surface area contributed by atoms with Crippen molar-refractivity contribution in [2.75, 3.05) is 160 Å². The molecule has 3 amide bonds. The van der Waals surface area contributed by atoms with Crippen molar-refractivity contribution in [1.29, 1.82) is 0 Å². The van der Waals surface area contributed by atoms with Crippen LogP contribution in [-0.4, -0.2) is 238 Å². The van der Waals surface area contributed by atoms with Gasteiger partial charge in [-0.2, -0.15) is 0 Å². The summed E-state index contributed by atoms with van der Waals surface area (Å²) in [6.45, 7) is 26.7. The smallest absolute Gasteiger partial charge is 0.410 e. The van der Waals surface area contributed by atoms with E-state index in [-0.39, 0.29) is 17.9 Å². The molecule has 0 radical (unpaired) electrons. The Morgan fingerprint density at radius 2 is 0.748 bits per heavy atom. The molecule has 0 saturated carbocycles. The molecule has 0 aliphatic carbocycles. The number of likely N-dealkylation sites (tertiary alicyclic amines) is 3. The fourth-order valence-electron chi connectivity index (χ4n) is 16.5. The number of carbonyl (C=O) groups excluding carboxylic acids is 3. The molecule has 23 nitrogen and oxygen atoms in total. The third-order valence-electron chi connectivity index (χ3n) is 23.0. The molecule has 0 atom stereocenters. The molecule has 6 aliphatic heterocycles. The van der Waals surface area contributed by atoms with E-state index in [2.05, 4.69) is 111 Å². The van der Waals surface area contributed by atoms with Gasteiger partial charge in [-0.05, 0) is 252 Å². The third-order valence-corrected chi connectivity index (χ3v) is 26.2. The number of aromatic carboxylic acids is 1. The number of carboxylic acid groups (broad SMARTS) is 1. The zero-order valence-corrected chi connectivity index (χ0v) is 71.5. The van der Waals surface area contributed by atoms with Crippen LogP contribution in [0.2, 0.25) is 0 Å². The number of aromatic nitrogens is 6. The van der Waals surface area contributed by atoms with Crippen LogP contribution in [-0.2, 0) is 4.74 Å². The van der Waals surface area contributed by atoms with Crippen molar-refractivity contribution in [1.82, 2.24) is 69.9 Å². The highest BCUT2D eigenvalue weighted by atomic mass is 32.1. The van der Waals surface area contributed by atoms with Crippen LogP contribution in [0.4, 0.5) is 21.9 Å². The third kappa shape index (κ3) is 22.6. The number of rotatable bonds is 21. The molecule has 15 heterocycles. The Kier molecular flexibility index (Phi) is 28.9. The molecule has 12 aromatic rings. The molecule has 3 aromatic carbocycles. The molecule has 9 aromatic heterocycles. The highest BCUT2D eigenvalue weighted by molar-refractivity contribution is 7.21. The average Bonchev–Trinajstić information content (AvgIpc) is 1.77. The molecule has 0 bridgehead atoms. The van der Waals surface area contributed by atoms with Crippen molar-refractivity contribution in [2.45, 2.75) is 123 Å². The number of piperidine rings is 4. The number of anilines is 3. The van der Waals surface area contributed by atoms with Crippen LogP contribution in [0.25, 0.3) is 96.7 Å². The first kappa shape index (κ1) is 84.1. The van der Waals surface area contributed by atoms with Gasteiger partial charge in [0, 0.05) is 173 Å². The molecule has 6 saturated heterocycles. The monoisotopic (exact) mass is 1660 g/mol. The van der Waals surface area contributed by atoms with Crippen LogP contribution in [0.15, 0.2) is 146 Å². The van der Waals surface area contributed by atoms with Crippen LogP contribution in [0.1, 0.15) is 146 Å². The van der Waals surface area contributed by atoms with Gasteiger partial charge in [-0.25, -0.2) is 24.5 Å². The zero-order valence-electron chi connectivity index (χ0n) is 69.1. The fourth-order valence-corrected chi connectivity index (χ4v) is 19.6. The van der Waals surface area contributed by atoms with Gasteiger partial charge in [-0.3, -0.25) is 24.5 Å². The maximum atomic E-state index is 13.4. The van der Waals surface area contributed by atoms with Gasteiger partial charge in [0.1, 0.15) is 10.5 Å².